The van der Waals surface area contributed by atoms with Crippen molar-refractivity contribution in [3.8, 4) is 5.75 Å². The van der Waals surface area contributed by atoms with E-state index in [2.05, 4.69) is 4.74 Å². The van der Waals surface area contributed by atoms with Crippen LogP contribution in [0.1, 0.15) is 0 Å². The van der Waals surface area contributed by atoms with E-state index in [-0.39, 0.29) is 35.3 Å². The van der Waals surface area contributed by atoms with Crippen LogP contribution in [0.4, 0.5) is 8.78 Å². The van der Waals surface area contributed by atoms with Gasteiger partial charge in [-0.3, -0.25) is 0 Å². The molecule has 0 atom stereocenters. The molecule has 0 heterocycles. The summed E-state index contributed by atoms with van der Waals surface area (Å²) < 4.78 is 28.6. The molecule has 14 heavy (non-hydrogen) atoms. The Morgan fingerprint density at radius 2 is 1.79 bits per heavy atom. The number of aliphatic carboxylic acids is 1. The zero-order chi connectivity index (χ0) is 9.90. The van der Waals surface area contributed by atoms with Gasteiger partial charge < -0.3 is 14.6 Å². The Morgan fingerprint density at radius 1 is 1.29 bits per heavy atom. The van der Waals surface area contributed by atoms with Gasteiger partial charge in [0.2, 0.25) is 0 Å². The van der Waals surface area contributed by atoms with E-state index in [1.165, 1.54) is 24.3 Å². The fourth-order valence-corrected chi connectivity index (χ4v) is 0.678. The summed E-state index contributed by atoms with van der Waals surface area (Å²) in [6.45, 7) is 0. The van der Waals surface area contributed by atoms with Gasteiger partial charge in [0.05, 0.1) is 0 Å². The molecule has 0 aromatic heterocycles. The first-order chi connectivity index (χ1) is 6.02. The number of benzene rings is 1. The number of carboxylic acid groups (broad SMARTS) is 1. The summed E-state index contributed by atoms with van der Waals surface area (Å²) >= 11 is 0. The molecule has 0 fully saturated rings. The largest absolute Gasteiger partial charge is 1.00 e. The first-order valence-corrected chi connectivity index (χ1v) is 3.36. The minimum atomic E-state index is -4.29. The van der Waals surface area contributed by atoms with Gasteiger partial charge in [-0.15, -0.1) is 0 Å². The normalized spacial score (nSPS) is 10.1. The minimum Gasteiger partial charge on any atom is -0.541 e. The summed E-state index contributed by atoms with van der Waals surface area (Å²) in [5, 5.41) is 9.84. The third kappa shape index (κ3) is 3.61. The van der Waals surface area contributed by atoms with Crippen molar-refractivity contribution >= 4 is 5.97 Å². The molecule has 0 aliphatic heterocycles. The summed E-state index contributed by atoms with van der Waals surface area (Å²) in [4.78, 5) is 9.84. The van der Waals surface area contributed by atoms with E-state index in [0.717, 1.165) is 0 Å². The quantitative estimate of drug-likeness (QED) is 0.514. The molecule has 0 amide bonds. The van der Waals surface area contributed by atoms with Gasteiger partial charge in [0.15, 0.2) is 5.97 Å². The first kappa shape index (κ1) is 13.4. The Hall–Kier alpha value is -0.650. The number of carbonyl (C=O) groups is 1. The Labute approximate surface area is 101 Å². The van der Waals surface area contributed by atoms with E-state index in [1.54, 1.807) is 6.07 Å². The van der Waals surface area contributed by atoms with E-state index in [1.807, 2.05) is 0 Å². The molecule has 0 aliphatic carbocycles. The number of carbonyl (C=O) groups excluding carboxylic acids is 1. The zero-order valence-electron chi connectivity index (χ0n) is 7.37. The molecule has 0 saturated carbocycles. The van der Waals surface area contributed by atoms with Crippen LogP contribution in [0, 0.1) is 0 Å². The monoisotopic (exact) mass is 210 g/mol. The van der Waals surface area contributed by atoms with E-state index >= 15 is 0 Å². The van der Waals surface area contributed by atoms with Gasteiger partial charge in [-0.05, 0) is 12.1 Å². The predicted octanol–water partition coefficient (Wildman–Crippen LogP) is -2.59. The molecule has 1 aromatic carbocycles. The standard InChI is InChI=1S/C8H6F2O3.Na/c9-8(10,7(11)12)13-6-4-2-1-3-5-6;/h1-5H,(H,11,12);/q;+1/p-1. The average Bonchev–Trinajstić information content (AvgIpc) is 2.05. The molecule has 0 saturated heterocycles. The van der Waals surface area contributed by atoms with Crippen molar-refractivity contribution < 1.29 is 53.0 Å². The maximum Gasteiger partial charge on any atom is 1.00 e. The van der Waals surface area contributed by atoms with Gasteiger partial charge in [-0.25, -0.2) is 0 Å². The molecule has 0 unspecified atom stereocenters. The van der Waals surface area contributed by atoms with Crippen LogP contribution in [0.15, 0.2) is 30.3 Å². The number of rotatable bonds is 3. The van der Waals surface area contributed by atoms with Gasteiger partial charge >= 0.3 is 35.7 Å². The second-order valence-electron chi connectivity index (χ2n) is 2.22. The SMILES string of the molecule is O=C([O-])C(F)(F)Oc1ccccc1.[Na+]. The molecule has 0 aliphatic rings. The number of hydrogen-bond donors (Lipinski definition) is 0. The molecule has 0 N–H and O–H groups in total. The smallest absolute Gasteiger partial charge is 0.541 e. The van der Waals surface area contributed by atoms with E-state index in [0.29, 0.717) is 0 Å². The van der Waals surface area contributed by atoms with Crippen LogP contribution in [0.25, 0.3) is 0 Å². The van der Waals surface area contributed by atoms with Gasteiger partial charge in [0.25, 0.3) is 0 Å². The van der Waals surface area contributed by atoms with Crippen molar-refractivity contribution in [2.45, 2.75) is 6.11 Å². The van der Waals surface area contributed by atoms with E-state index in [4.69, 9.17) is 0 Å². The van der Waals surface area contributed by atoms with Crippen LogP contribution in [-0.4, -0.2) is 12.1 Å². The Bertz CT molecular complexity index is 303. The molecular weight excluding hydrogens is 205 g/mol. The topological polar surface area (TPSA) is 49.4 Å². The number of carboxylic acids is 1. The molecule has 1 aromatic rings. The van der Waals surface area contributed by atoms with Crippen LogP contribution >= 0.6 is 0 Å². The second-order valence-corrected chi connectivity index (χ2v) is 2.22. The Kier molecular flexibility index (Phi) is 5.04. The summed E-state index contributed by atoms with van der Waals surface area (Å²) in [6, 6.07) is 6.92. The van der Waals surface area contributed by atoms with Crippen molar-refractivity contribution in [2.24, 2.45) is 0 Å². The molecule has 0 radical (unpaired) electrons. The van der Waals surface area contributed by atoms with Gasteiger partial charge in [-0.1, -0.05) is 18.2 Å². The van der Waals surface area contributed by atoms with Gasteiger partial charge in [0, 0.05) is 0 Å². The number of ether oxygens (including phenoxy) is 1. The number of halogens is 2. The number of hydrogen-bond acceptors (Lipinski definition) is 3. The Morgan fingerprint density at radius 3 is 2.21 bits per heavy atom. The molecule has 6 heteroatoms. The van der Waals surface area contributed by atoms with Crippen molar-refractivity contribution in [3.63, 3.8) is 0 Å². The van der Waals surface area contributed by atoms with Gasteiger partial charge in [0.1, 0.15) is 5.75 Å². The van der Waals surface area contributed by atoms with Crippen LogP contribution in [0.5, 0.6) is 5.75 Å². The maximum absolute atomic E-state index is 12.3. The predicted molar refractivity (Wildman–Crippen MR) is 37.0 cm³/mol. The van der Waals surface area contributed by atoms with Crippen LogP contribution in [0.2, 0.25) is 0 Å². The van der Waals surface area contributed by atoms with Crippen molar-refractivity contribution in [1.29, 1.82) is 0 Å². The third-order valence-corrected chi connectivity index (χ3v) is 1.23. The van der Waals surface area contributed by atoms with Gasteiger partial charge in [-0.2, -0.15) is 8.78 Å². The van der Waals surface area contributed by atoms with Crippen molar-refractivity contribution in [3.05, 3.63) is 30.3 Å². The minimum absolute atomic E-state index is 0. The average molecular weight is 210 g/mol. The van der Waals surface area contributed by atoms with E-state index in [9.17, 15) is 18.7 Å². The number of alkyl halides is 2. The maximum atomic E-state index is 12.3. The summed E-state index contributed by atoms with van der Waals surface area (Å²) in [5.41, 5.74) is 0. The summed E-state index contributed by atoms with van der Waals surface area (Å²) in [6.07, 6.45) is -4.29. The fraction of sp³-hybridized carbons (Fsp3) is 0.125. The van der Waals surface area contributed by atoms with Crippen LogP contribution < -0.4 is 39.4 Å². The Balaban J connectivity index is 0.00000169. The molecule has 70 valence electrons. The molecular formula is C8H5F2NaO3. The number of para-hydroxylation sites is 1. The third-order valence-electron chi connectivity index (χ3n) is 1.23. The van der Waals surface area contributed by atoms with E-state index < -0.39 is 12.1 Å². The fourth-order valence-electron chi connectivity index (χ4n) is 0.678. The van der Waals surface area contributed by atoms with Crippen molar-refractivity contribution in [1.82, 2.24) is 0 Å². The van der Waals surface area contributed by atoms with Crippen LogP contribution in [-0.2, 0) is 4.79 Å². The second kappa shape index (κ2) is 5.29. The van der Waals surface area contributed by atoms with Crippen molar-refractivity contribution in [2.75, 3.05) is 0 Å². The summed E-state index contributed by atoms with van der Waals surface area (Å²) in [7, 11) is 0. The molecule has 3 nitrogen and oxygen atoms in total. The zero-order valence-corrected chi connectivity index (χ0v) is 9.37. The molecule has 0 spiro atoms. The molecule has 1 rings (SSSR count). The first-order valence-electron chi connectivity index (χ1n) is 3.36. The summed E-state index contributed by atoms with van der Waals surface area (Å²) in [5.74, 6) is -2.78. The van der Waals surface area contributed by atoms with Crippen LogP contribution in [0.3, 0.4) is 0 Å². The molecule has 0 bridgehead atoms.